The van der Waals surface area contributed by atoms with Crippen LogP contribution in [-0.4, -0.2) is 210 Å². The zero-order valence-corrected chi connectivity index (χ0v) is 32.5. The molecule has 320 valence electrons. The van der Waals surface area contributed by atoms with E-state index in [9.17, 15) is 0 Å². The first kappa shape index (κ1) is 54.1. The molecule has 0 radical (unpaired) electrons. The molecule has 21 heteroatoms. The van der Waals surface area contributed by atoms with Crippen LogP contribution in [0.4, 0.5) is 0 Å². The van der Waals surface area contributed by atoms with Gasteiger partial charge in [0.05, 0.1) is 185 Å². The minimum absolute atomic E-state index is 0.0274. The van der Waals surface area contributed by atoms with Crippen molar-refractivity contribution in [3.05, 3.63) is 20.9 Å². The van der Waals surface area contributed by atoms with Gasteiger partial charge in [-0.2, -0.15) is 0 Å². The van der Waals surface area contributed by atoms with Crippen molar-refractivity contribution in [2.45, 2.75) is 13.3 Å². The van der Waals surface area contributed by atoms with E-state index in [0.29, 0.717) is 191 Å². The normalized spacial score (nSPS) is 10.9. The Morgan fingerprint density at radius 2 is 0.500 bits per heavy atom. The molecule has 0 aromatic heterocycles. The first-order valence-corrected chi connectivity index (χ1v) is 18.5. The first-order valence-electron chi connectivity index (χ1n) is 18.5. The molecule has 0 aliphatic rings. The van der Waals surface area contributed by atoms with Crippen LogP contribution >= 0.6 is 0 Å². The molecule has 0 saturated carbocycles. The lowest BCUT2D eigenvalue weighted by atomic mass is 10.5. The van der Waals surface area contributed by atoms with Crippen molar-refractivity contribution < 1.29 is 71.4 Å². The molecule has 0 heterocycles. The highest BCUT2D eigenvalue weighted by Gasteiger charge is 1.96. The number of aliphatic hydroxyl groups is 1. The molecule has 0 aliphatic heterocycles. The second-order valence-corrected chi connectivity index (χ2v) is 10.2. The van der Waals surface area contributed by atoms with Gasteiger partial charge in [0.25, 0.3) is 0 Å². The fourth-order valence-corrected chi connectivity index (χ4v) is 3.35. The Bertz CT molecular complexity index is 727. The fourth-order valence-electron chi connectivity index (χ4n) is 3.35. The molecule has 0 atom stereocenters. The highest BCUT2D eigenvalue weighted by Crippen LogP contribution is 1.88. The Kier molecular flexibility index (Phi) is 55.5. The number of azide groups is 2. The Labute approximate surface area is 320 Å². The predicted octanol–water partition coefficient (Wildman–Crippen LogP) is 2.23. The minimum atomic E-state index is 0.0274. The summed E-state index contributed by atoms with van der Waals surface area (Å²) in [5.41, 5.74) is 16.2. The molecule has 0 saturated heterocycles. The second kappa shape index (κ2) is 55.4. The first-order chi connectivity index (χ1) is 26.8. The van der Waals surface area contributed by atoms with Gasteiger partial charge < -0.3 is 71.4 Å². The lowest BCUT2D eigenvalue weighted by Gasteiger charge is -2.08. The van der Waals surface area contributed by atoms with E-state index < -0.39 is 0 Å². The Hall–Kier alpha value is -1.98. The molecule has 21 nitrogen and oxygen atoms in total. The summed E-state index contributed by atoms with van der Waals surface area (Å²) in [6, 6.07) is 0. The van der Waals surface area contributed by atoms with Crippen molar-refractivity contribution in [1.29, 1.82) is 0 Å². The number of aliphatic hydroxyl groups excluding tert-OH is 1. The molecule has 0 unspecified atom stereocenters. The van der Waals surface area contributed by atoms with E-state index in [4.69, 9.17) is 82.5 Å². The summed E-state index contributed by atoms with van der Waals surface area (Å²) in [6.07, 6.45) is 1.03. The van der Waals surface area contributed by atoms with Crippen LogP contribution in [0.2, 0.25) is 0 Å². The van der Waals surface area contributed by atoms with Crippen LogP contribution in [0.5, 0.6) is 0 Å². The number of nitrogens with zero attached hydrogens (tertiary/aromatic N) is 6. The van der Waals surface area contributed by atoms with Crippen molar-refractivity contribution in [2.24, 2.45) is 10.2 Å². The lowest BCUT2D eigenvalue weighted by Crippen LogP contribution is -2.14. The van der Waals surface area contributed by atoms with Gasteiger partial charge in [0.2, 0.25) is 0 Å². The lowest BCUT2D eigenvalue weighted by molar-refractivity contribution is -0.0212. The molecule has 1 N–H and O–H groups in total. The van der Waals surface area contributed by atoms with Crippen molar-refractivity contribution in [3.63, 3.8) is 0 Å². The van der Waals surface area contributed by atoms with Crippen LogP contribution in [0.1, 0.15) is 13.3 Å². The number of ether oxygens (including phenoxy) is 14. The molecule has 0 aliphatic carbocycles. The zero-order chi connectivity index (χ0) is 39.4. The Morgan fingerprint density at radius 1 is 0.315 bits per heavy atom. The smallest absolute Gasteiger partial charge is 0.0701 e. The average molecular weight is 789 g/mol. The monoisotopic (exact) mass is 788 g/mol. The van der Waals surface area contributed by atoms with Crippen molar-refractivity contribution in [1.82, 2.24) is 0 Å². The van der Waals surface area contributed by atoms with Crippen LogP contribution < -0.4 is 0 Å². The van der Waals surface area contributed by atoms with Gasteiger partial charge >= 0.3 is 0 Å². The molecule has 0 fully saturated rings. The third-order valence-electron chi connectivity index (χ3n) is 5.85. The summed E-state index contributed by atoms with van der Waals surface area (Å²) in [5.74, 6) is 0. The average Bonchev–Trinajstić information content (AvgIpc) is 3.18. The van der Waals surface area contributed by atoms with Crippen molar-refractivity contribution >= 4 is 0 Å². The topological polar surface area (TPSA) is 247 Å². The van der Waals surface area contributed by atoms with Gasteiger partial charge in [-0.1, -0.05) is 17.2 Å². The summed E-state index contributed by atoms with van der Waals surface area (Å²) in [5, 5.41) is 15.2. The van der Waals surface area contributed by atoms with E-state index in [1.807, 2.05) is 0 Å². The predicted molar refractivity (Wildman–Crippen MR) is 197 cm³/mol. The third-order valence-corrected chi connectivity index (χ3v) is 5.85. The van der Waals surface area contributed by atoms with Gasteiger partial charge in [-0.15, -0.1) is 0 Å². The third kappa shape index (κ3) is 56.8. The van der Waals surface area contributed by atoms with Crippen LogP contribution in [0, 0.1) is 0 Å². The molecule has 0 amide bonds. The number of hydrogen-bond donors (Lipinski definition) is 1. The van der Waals surface area contributed by atoms with Gasteiger partial charge in [0.15, 0.2) is 0 Å². The molecule has 54 heavy (non-hydrogen) atoms. The van der Waals surface area contributed by atoms with Crippen LogP contribution in [-0.2, 0) is 66.3 Å². The largest absolute Gasteiger partial charge is 0.394 e. The van der Waals surface area contributed by atoms with Crippen LogP contribution in [0.25, 0.3) is 20.9 Å². The van der Waals surface area contributed by atoms with Crippen LogP contribution in [0.3, 0.4) is 0 Å². The van der Waals surface area contributed by atoms with Gasteiger partial charge in [0, 0.05) is 29.5 Å². The molecule has 0 spiro atoms. The van der Waals surface area contributed by atoms with E-state index in [2.05, 4.69) is 27.0 Å². The van der Waals surface area contributed by atoms with Gasteiger partial charge in [-0.3, -0.25) is 0 Å². The molecule has 0 bridgehead atoms. The molecule has 0 rings (SSSR count). The Morgan fingerprint density at radius 3 is 0.685 bits per heavy atom. The van der Waals surface area contributed by atoms with Crippen molar-refractivity contribution in [2.75, 3.05) is 205 Å². The highest BCUT2D eigenvalue weighted by atomic mass is 16.6. The maximum Gasteiger partial charge on any atom is 0.0701 e. The summed E-state index contributed by atoms with van der Waals surface area (Å²) in [4.78, 5) is 5.26. The van der Waals surface area contributed by atoms with E-state index in [1.165, 1.54) is 0 Å². The molecule has 0 aromatic rings. The number of hydrogen-bond acceptors (Lipinski definition) is 17. The van der Waals surface area contributed by atoms with Crippen molar-refractivity contribution in [3.8, 4) is 0 Å². The summed E-state index contributed by atoms with van der Waals surface area (Å²) < 4.78 is 74.2. The zero-order valence-electron chi connectivity index (χ0n) is 32.5. The van der Waals surface area contributed by atoms with E-state index in [-0.39, 0.29) is 6.61 Å². The Balaban J connectivity index is 0. The standard InChI is InChI=1S/C17H35N3O7.C16H33N3O8/c1-2-4-21-6-8-23-10-12-25-14-16-27-17-15-26-13-11-24-9-7-22-5-3-19-20-18;17-19-18-1-3-21-5-7-23-9-11-25-13-15-27-16-14-26-12-10-24-8-6-22-4-2-20/h2-17H2,1H3;20H,1-16H2. The number of rotatable bonds is 46. The molecular weight excluding hydrogens is 720 g/mol. The summed E-state index contributed by atoms with van der Waals surface area (Å²) >= 11 is 0. The van der Waals surface area contributed by atoms with Gasteiger partial charge in [0.1, 0.15) is 0 Å². The minimum Gasteiger partial charge on any atom is -0.394 e. The summed E-state index contributed by atoms with van der Waals surface area (Å²) in [7, 11) is 0. The molecular formula is C33H68N6O15. The fraction of sp³-hybridized carbons (Fsp3) is 1.00. The van der Waals surface area contributed by atoms with Gasteiger partial charge in [-0.25, -0.2) is 0 Å². The van der Waals surface area contributed by atoms with E-state index in [1.54, 1.807) is 0 Å². The highest BCUT2D eigenvalue weighted by molar-refractivity contribution is 4.45. The SMILES string of the molecule is CCCOCCOCCOCCOCCOCCOCCOCCN=[N+]=[N-].[N-]=[N+]=NCCOCCOCCOCCOCCOCCOCCOCCO. The van der Waals surface area contributed by atoms with E-state index >= 15 is 0 Å². The maximum atomic E-state index is 8.51. The molecule has 0 aromatic carbocycles. The second-order valence-electron chi connectivity index (χ2n) is 10.2. The van der Waals surface area contributed by atoms with Crippen LogP contribution in [0.15, 0.2) is 10.2 Å². The summed E-state index contributed by atoms with van der Waals surface area (Å²) in [6.45, 7) is 17.1. The van der Waals surface area contributed by atoms with Gasteiger partial charge in [-0.05, 0) is 17.5 Å². The quantitative estimate of drug-likeness (QED) is 0.0402. The van der Waals surface area contributed by atoms with E-state index in [0.717, 1.165) is 13.0 Å². The maximum absolute atomic E-state index is 8.51.